The van der Waals surface area contributed by atoms with Gasteiger partial charge >= 0.3 is 0 Å². The third-order valence-corrected chi connectivity index (χ3v) is 1.88. The van der Waals surface area contributed by atoms with Crippen LogP contribution < -0.4 is 0 Å². The molecule has 0 aliphatic carbocycles. The predicted molar refractivity (Wildman–Crippen MR) is 49.2 cm³/mol. The Morgan fingerprint density at radius 2 is 2.23 bits per heavy atom. The molecule has 0 spiro atoms. The minimum atomic E-state index is 0. The molecule has 0 N–H and O–H groups in total. The van der Waals surface area contributed by atoms with E-state index in [1.807, 2.05) is 36.7 Å². The molecule has 0 aromatic carbocycles. The zero-order valence-electron chi connectivity index (χ0n) is 7.30. The Labute approximate surface area is 103 Å². The monoisotopic (exact) mass is 247 g/mol. The summed E-state index contributed by atoms with van der Waals surface area (Å²) in [6.07, 6.45) is 8.70. The Bertz CT molecular complexity index is 306. The Hall–Kier alpha value is -0.336. The van der Waals surface area contributed by atoms with E-state index in [0.29, 0.717) is 0 Å². The van der Waals surface area contributed by atoms with Crippen molar-refractivity contribution in [1.82, 2.24) is 4.98 Å². The van der Waals surface area contributed by atoms with Crippen molar-refractivity contribution in [3.63, 3.8) is 0 Å². The summed E-state index contributed by atoms with van der Waals surface area (Å²) in [5, 5.41) is 0. The van der Waals surface area contributed by atoms with Crippen LogP contribution in [0, 0.1) is 0 Å². The molecule has 3 heteroatoms. The fraction of sp³-hybridized carbons (Fsp3) is 0.200. The molecule has 0 fully saturated rings. The molecule has 1 aliphatic rings. The van der Waals surface area contributed by atoms with Gasteiger partial charge in [-0.3, -0.25) is 9.98 Å². The molecule has 1 unspecified atom stereocenters. The number of aliphatic imine (C=N–C) groups is 1. The van der Waals surface area contributed by atoms with E-state index in [2.05, 4.69) is 16.1 Å². The number of aromatic nitrogens is 1. The van der Waals surface area contributed by atoms with Crippen LogP contribution in [0.4, 0.5) is 0 Å². The smallest absolute Gasteiger partial charge is 0.0953 e. The maximum Gasteiger partial charge on any atom is 0.0953 e. The van der Waals surface area contributed by atoms with Crippen molar-refractivity contribution in [3.8, 4) is 0 Å². The van der Waals surface area contributed by atoms with E-state index in [1.165, 1.54) is 0 Å². The zero-order valence-corrected chi connectivity index (χ0v) is 10.1. The first-order valence-corrected chi connectivity index (χ1v) is 4.06. The van der Waals surface area contributed by atoms with Gasteiger partial charge in [-0.25, -0.2) is 0 Å². The van der Waals surface area contributed by atoms with Gasteiger partial charge in [0, 0.05) is 45.1 Å². The van der Waals surface area contributed by atoms with E-state index in [-0.39, 0.29) is 38.8 Å². The minimum Gasteiger partial charge on any atom is -0.283 e. The summed E-state index contributed by atoms with van der Waals surface area (Å²) in [6.45, 7) is 0. The minimum absolute atomic E-state index is 0. The van der Waals surface area contributed by atoms with Crippen LogP contribution in [-0.4, -0.2) is 11.2 Å². The zero-order chi connectivity index (χ0) is 8.23. The molecule has 13 heavy (non-hydrogen) atoms. The molecule has 0 amide bonds. The molecule has 2 rings (SSSR count). The van der Waals surface area contributed by atoms with Crippen LogP contribution >= 0.6 is 0 Å². The summed E-state index contributed by atoms with van der Waals surface area (Å²) in [5.41, 5.74) is 1.05. The summed E-state index contributed by atoms with van der Waals surface area (Å²) in [5.74, 6) is 0. The van der Waals surface area contributed by atoms with Gasteiger partial charge in [-0.05, 0) is 24.6 Å². The van der Waals surface area contributed by atoms with E-state index in [0.717, 1.165) is 12.1 Å². The number of pyridine rings is 1. The van der Waals surface area contributed by atoms with Crippen molar-refractivity contribution in [2.45, 2.75) is 12.5 Å². The summed E-state index contributed by atoms with van der Waals surface area (Å²) in [7, 11) is 0. The first kappa shape index (κ1) is 10.7. The average molecular weight is 247 g/mol. The molecule has 1 atom stereocenters. The van der Waals surface area contributed by atoms with Gasteiger partial charge in [0.1, 0.15) is 0 Å². The molecular weight excluding hydrogens is 237 g/mol. The van der Waals surface area contributed by atoms with E-state index >= 15 is 0 Å². The Balaban J connectivity index is 0.000000845. The molecule has 0 saturated heterocycles. The molecule has 2 heterocycles. The second kappa shape index (κ2) is 5.41. The van der Waals surface area contributed by atoms with Crippen LogP contribution in [0.3, 0.4) is 0 Å². The van der Waals surface area contributed by atoms with Crippen LogP contribution in [0.1, 0.15) is 18.2 Å². The summed E-state index contributed by atoms with van der Waals surface area (Å²) in [4.78, 5) is 8.58. The topological polar surface area (TPSA) is 25.2 Å². The molecule has 1 aliphatic heterocycles. The molecule has 2 nitrogen and oxygen atoms in total. The Kier molecular flexibility index (Phi) is 4.47. The van der Waals surface area contributed by atoms with E-state index in [4.69, 9.17) is 0 Å². The standard InChI is InChI=1S/C10H10N2.Y/c1-3-7-11-9(5-1)10-6-2-4-8-12-10;/h1-5,7-8,10H,6H2;. The van der Waals surface area contributed by atoms with Gasteiger partial charge < -0.3 is 0 Å². The molecule has 1 aromatic rings. The maximum atomic E-state index is 4.33. The number of rotatable bonds is 1. The molecule has 0 saturated carbocycles. The quantitative estimate of drug-likeness (QED) is 0.746. The molecule has 0 bridgehead atoms. The normalized spacial score (nSPS) is 19.5. The number of hydrogen-bond acceptors (Lipinski definition) is 2. The predicted octanol–water partition coefficient (Wildman–Crippen LogP) is 2.15. The van der Waals surface area contributed by atoms with Crippen molar-refractivity contribution in [3.05, 3.63) is 42.2 Å². The third-order valence-electron chi connectivity index (χ3n) is 1.88. The first-order valence-electron chi connectivity index (χ1n) is 4.06. The second-order valence-electron chi connectivity index (χ2n) is 2.73. The van der Waals surface area contributed by atoms with Crippen LogP contribution in [0.25, 0.3) is 0 Å². The van der Waals surface area contributed by atoms with Gasteiger partial charge in [0.05, 0.1) is 11.7 Å². The van der Waals surface area contributed by atoms with Gasteiger partial charge in [0.2, 0.25) is 0 Å². The van der Waals surface area contributed by atoms with Gasteiger partial charge in [0.25, 0.3) is 0 Å². The third kappa shape index (κ3) is 2.82. The fourth-order valence-corrected chi connectivity index (χ4v) is 1.25. The van der Waals surface area contributed by atoms with Crippen LogP contribution in [0.15, 0.2) is 41.5 Å². The largest absolute Gasteiger partial charge is 0.283 e. The van der Waals surface area contributed by atoms with Gasteiger partial charge in [0.15, 0.2) is 0 Å². The van der Waals surface area contributed by atoms with Gasteiger partial charge in [-0.2, -0.15) is 0 Å². The van der Waals surface area contributed by atoms with Crippen molar-refractivity contribution < 1.29 is 32.7 Å². The molecule has 1 aromatic heterocycles. The summed E-state index contributed by atoms with van der Waals surface area (Å²) < 4.78 is 0. The number of hydrogen-bond donors (Lipinski definition) is 0. The van der Waals surface area contributed by atoms with Crippen LogP contribution in [-0.2, 0) is 32.7 Å². The summed E-state index contributed by atoms with van der Waals surface area (Å²) in [6, 6.07) is 6.17. The molecule has 1 radical (unpaired) electrons. The van der Waals surface area contributed by atoms with Crippen LogP contribution in [0.5, 0.6) is 0 Å². The summed E-state index contributed by atoms with van der Waals surface area (Å²) >= 11 is 0. The number of nitrogens with zero attached hydrogens (tertiary/aromatic N) is 2. The van der Waals surface area contributed by atoms with Crippen molar-refractivity contribution in [1.29, 1.82) is 0 Å². The van der Waals surface area contributed by atoms with E-state index < -0.39 is 0 Å². The van der Waals surface area contributed by atoms with E-state index in [1.54, 1.807) is 0 Å². The Morgan fingerprint density at radius 1 is 1.31 bits per heavy atom. The number of allylic oxidation sites excluding steroid dienone is 1. The maximum absolute atomic E-state index is 4.33. The fourth-order valence-electron chi connectivity index (χ4n) is 1.25. The average Bonchev–Trinajstić information content (AvgIpc) is 2.21. The molecule has 63 valence electrons. The SMILES string of the molecule is C1=CCC(c2ccccn2)N=C1.[Y]. The van der Waals surface area contributed by atoms with Crippen molar-refractivity contribution in [2.75, 3.05) is 0 Å². The second-order valence-corrected chi connectivity index (χ2v) is 2.73. The van der Waals surface area contributed by atoms with Crippen molar-refractivity contribution >= 4 is 6.21 Å². The van der Waals surface area contributed by atoms with E-state index in [9.17, 15) is 0 Å². The van der Waals surface area contributed by atoms with Gasteiger partial charge in [-0.15, -0.1) is 0 Å². The van der Waals surface area contributed by atoms with Crippen molar-refractivity contribution in [2.24, 2.45) is 4.99 Å². The van der Waals surface area contributed by atoms with Gasteiger partial charge in [-0.1, -0.05) is 12.1 Å². The van der Waals surface area contributed by atoms with Crippen LogP contribution in [0.2, 0.25) is 0 Å². The molecular formula is C10H10N2Y. The number of dihydropyridines is 1. The Morgan fingerprint density at radius 3 is 2.85 bits per heavy atom. The first-order chi connectivity index (χ1) is 5.97.